The van der Waals surface area contributed by atoms with Crippen LogP contribution in [-0.4, -0.2) is 28.4 Å². The molecule has 0 amide bonds. The average molecular weight is 282 g/mol. The summed E-state index contributed by atoms with van der Waals surface area (Å²) >= 11 is 5.97. The van der Waals surface area contributed by atoms with Gasteiger partial charge in [-0.05, 0) is 26.0 Å². The van der Waals surface area contributed by atoms with Crippen LogP contribution in [0.2, 0.25) is 5.02 Å². The summed E-state index contributed by atoms with van der Waals surface area (Å²) < 4.78 is 1.73. The third-order valence-electron chi connectivity index (χ3n) is 3.29. The Balaban J connectivity index is 2.56. The van der Waals surface area contributed by atoms with E-state index in [2.05, 4.69) is 18.8 Å². The topological polar surface area (TPSA) is 61.9 Å². The number of halogens is 1. The van der Waals surface area contributed by atoms with E-state index in [0.29, 0.717) is 22.9 Å². The number of carbonyl (C=O) groups excluding carboxylic acids is 1. The molecule has 0 aliphatic carbocycles. The first kappa shape index (κ1) is 13.8. The standard InChI is InChI=1S/C13H16ClN3O2/c1-3-16(4-2)8-10-12(13(18)19)15-11-6-5-9(14)7-17(10)11/h5-7H,3-4,8H2,1-2H3,(H,18,19). The lowest BCUT2D eigenvalue weighted by Gasteiger charge is -2.16. The molecule has 0 spiro atoms. The SMILES string of the molecule is CC[NH+](CC)Cc1c(C(=O)[O-])nc2ccc(Cl)cn12. The van der Waals surface area contributed by atoms with Gasteiger partial charge < -0.3 is 14.8 Å². The van der Waals surface area contributed by atoms with Crippen LogP contribution < -0.4 is 10.0 Å². The van der Waals surface area contributed by atoms with Crippen LogP contribution in [0, 0.1) is 0 Å². The first-order valence-corrected chi connectivity index (χ1v) is 6.66. The third kappa shape index (κ3) is 2.72. The predicted molar refractivity (Wildman–Crippen MR) is 70.3 cm³/mol. The van der Waals surface area contributed by atoms with E-state index in [9.17, 15) is 9.90 Å². The molecule has 0 atom stereocenters. The van der Waals surface area contributed by atoms with Gasteiger partial charge in [0.1, 0.15) is 23.6 Å². The highest BCUT2D eigenvalue weighted by Gasteiger charge is 2.17. The molecule has 2 aromatic rings. The van der Waals surface area contributed by atoms with Crippen molar-refractivity contribution in [3.8, 4) is 0 Å². The lowest BCUT2D eigenvalue weighted by atomic mass is 10.3. The number of rotatable bonds is 5. The number of nitrogens with zero attached hydrogens (tertiary/aromatic N) is 2. The van der Waals surface area contributed by atoms with Crippen molar-refractivity contribution in [2.24, 2.45) is 0 Å². The van der Waals surface area contributed by atoms with Crippen molar-refractivity contribution in [2.45, 2.75) is 20.4 Å². The number of carboxylic acid groups (broad SMARTS) is 1. The molecule has 0 fully saturated rings. The highest BCUT2D eigenvalue weighted by molar-refractivity contribution is 6.30. The van der Waals surface area contributed by atoms with E-state index in [4.69, 9.17) is 11.6 Å². The first-order valence-electron chi connectivity index (χ1n) is 6.28. The Kier molecular flexibility index (Phi) is 4.07. The Morgan fingerprint density at radius 2 is 2.11 bits per heavy atom. The minimum atomic E-state index is -1.25. The largest absolute Gasteiger partial charge is 0.543 e. The van der Waals surface area contributed by atoms with Crippen molar-refractivity contribution >= 4 is 23.2 Å². The Morgan fingerprint density at radius 1 is 1.42 bits per heavy atom. The number of carboxylic acids is 1. The second-order valence-corrected chi connectivity index (χ2v) is 4.84. The number of imidazole rings is 1. The molecular formula is C13H16ClN3O2. The number of quaternary nitrogens is 1. The predicted octanol–water partition coefficient (Wildman–Crippen LogP) is -0.224. The molecule has 0 unspecified atom stereocenters. The number of nitrogens with one attached hydrogen (secondary N) is 1. The van der Waals surface area contributed by atoms with Crippen LogP contribution in [0.25, 0.3) is 5.65 Å². The maximum Gasteiger partial charge on any atom is 0.137 e. The summed E-state index contributed by atoms with van der Waals surface area (Å²) in [4.78, 5) is 16.6. The van der Waals surface area contributed by atoms with Gasteiger partial charge in [-0.3, -0.25) is 4.40 Å². The van der Waals surface area contributed by atoms with E-state index in [0.717, 1.165) is 13.1 Å². The van der Waals surface area contributed by atoms with Gasteiger partial charge in [-0.2, -0.15) is 0 Å². The number of fused-ring (bicyclic) bond motifs is 1. The zero-order chi connectivity index (χ0) is 14.0. The van der Waals surface area contributed by atoms with Crippen LogP contribution in [0.3, 0.4) is 0 Å². The van der Waals surface area contributed by atoms with E-state index in [-0.39, 0.29) is 5.69 Å². The van der Waals surface area contributed by atoms with Crippen LogP contribution >= 0.6 is 11.6 Å². The second-order valence-electron chi connectivity index (χ2n) is 4.40. The highest BCUT2D eigenvalue weighted by atomic mass is 35.5. The summed E-state index contributed by atoms with van der Waals surface area (Å²) in [5.74, 6) is -1.25. The van der Waals surface area contributed by atoms with E-state index in [1.54, 1.807) is 22.7 Å². The molecule has 102 valence electrons. The van der Waals surface area contributed by atoms with Gasteiger partial charge in [-0.15, -0.1) is 0 Å². The van der Waals surface area contributed by atoms with E-state index < -0.39 is 5.97 Å². The molecule has 19 heavy (non-hydrogen) atoms. The Bertz CT molecular complexity index is 605. The number of aromatic nitrogens is 2. The quantitative estimate of drug-likeness (QED) is 0.824. The molecule has 6 heteroatoms. The molecule has 2 rings (SSSR count). The molecule has 0 aliphatic rings. The maximum atomic E-state index is 11.2. The second kappa shape index (κ2) is 5.59. The van der Waals surface area contributed by atoms with Crippen molar-refractivity contribution < 1.29 is 14.8 Å². The molecule has 0 aliphatic heterocycles. The van der Waals surface area contributed by atoms with Gasteiger partial charge in [0.2, 0.25) is 0 Å². The Labute approximate surface area is 116 Å². The third-order valence-corrected chi connectivity index (χ3v) is 3.52. The van der Waals surface area contributed by atoms with E-state index >= 15 is 0 Å². The summed E-state index contributed by atoms with van der Waals surface area (Å²) in [5, 5.41) is 11.8. The molecule has 1 N–H and O–H groups in total. The van der Waals surface area contributed by atoms with Crippen molar-refractivity contribution in [3.05, 3.63) is 34.7 Å². The van der Waals surface area contributed by atoms with E-state index in [1.807, 2.05) is 0 Å². The average Bonchev–Trinajstić information content (AvgIpc) is 2.74. The number of aromatic carboxylic acids is 1. The van der Waals surface area contributed by atoms with Crippen molar-refractivity contribution in [1.29, 1.82) is 0 Å². The molecule has 2 aromatic heterocycles. The molecule has 2 heterocycles. The Morgan fingerprint density at radius 3 is 2.68 bits per heavy atom. The number of hydrogen-bond acceptors (Lipinski definition) is 3. The lowest BCUT2D eigenvalue weighted by molar-refractivity contribution is -0.910. The smallest absolute Gasteiger partial charge is 0.137 e. The van der Waals surface area contributed by atoms with E-state index in [1.165, 1.54) is 4.90 Å². The normalized spacial score (nSPS) is 11.4. The zero-order valence-electron chi connectivity index (χ0n) is 10.9. The summed E-state index contributed by atoms with van der Waals surface area (Å²) in [5.41, 5.74) is 1.21. The summed E-state index contributed by atoms with van der Waals surface area (Å²) in [7, 11) is 0. The monoisotopic (exact) mass is 281 g/mol. The van der Waals surface area contributed by atoms with Gasteiger partial charge in [-0.1, -0.05) is 11.6 Å². The van der Waals surface area contributed by atoms with Gasteiger partial charge in [0.25, 0.3) is 0 Å². The summed E-state index contributed by atoms with van der Waals surface area (Å²) in [6.45, 7) is 6.53. The van der Waals surface area contributed by atoms with Crippen LogP contribution in [0.1, 0.15) is 30.0 Å². The minimum absolute atomic E-state index is 0.00154. The van der Waals surface area contributed by atoms with Gasteiger partial charge in [-0.25, -0.2) is 4.98 Å². The van der Waals surface area contributed by atoms with Crippen LogP contribution in [0.15, 0.2) is 18.3 Å². The van der Waals surface area contributed by atoms with Gasteiger partial charge in [0.15, 0.2) is 0 Å². The molecule has 0 aromatic carbocycles. The minimum Gasteiger partial charge on any atom is -0.543 e. The van der Waals surface area contributed by atoms with Gasteiger partial charge in [0.05, 0.1) is 24.1 Å². The van der Waals surface area contributed by atoms with Crippen molar-refractivity contribution in [2.75, 3.05) is 13.1 Å². The van der Waals surface area contributed by atoms with Crippen LogP contribution in [0.4, 0.5) is 0 Å². The summed E-state index contributed by atoms with van der Waals surface area (Å²) in [6.07, 6.45) is 1.69. The number of pyridine rings is 1. The van der Waals surface area contributed by atoms with Crippen molar-refractivity contribution in [3.63, 3.8) is 0 Å². The van der Waals surface area contributed by atoms with Crippen LogP contribution in [-0.2, 0) is 6.54 Å². The number of carbonyl (C=O) groups is 1. The maximum absolute atomic E-state index is 11.2. The van der Waals surface area contributed by atoms with Gasteiger partial charge >= 0.3 is 0 Å². The van der Waals surface area contributed by atoms with Crippen LogP contribution in [0.5, 0.6) is 0 Å². The summed E-state index contributed by atoms with van der Waals surface area (Å²) in [6, 6.07) is 3.40. The molecule has 0 radical (unpaired) electrons. The zero-order valence-corrected chi connectivity index (χ0v) is 11.7. The molecule has 5 nitrogen and oxygen atoms in total. The lowest BCUT2D eigenvalue weighted by Crippen LogP contribution is -3.10. The molecule has 0 saturated carbocycles. The fourth-order valence-electron chi connectivity index (χ4n) is 2.14. The molecule has 0 bridgehead atoms. The highest BCUT2D eigenvalue weighted by Crippen LogP contribution is 2.16. The van der Waals surface area contributed by atoms with Gasteiger partial charge in [0, 0.05) is 6.20 Å². The Hall–Kier alpha value is -1.59. The fraction of sp³-hybridized carbons (Fsp3) is 0.385. The molecular weight excluding hydrogens is 266 g/mol. The number of hydrogen-bond donors (Lipinski definition) is 1. The van der Waals surface area contributed by atoms with Crippen molar-refractivity contribution in [1.82, 2.24) is 9.38 Å². The first-order chi connectivity index (χ1) is 9.06. The molecule has 0 saturated heterocycles. The fourth-order valence-corrected chi connectivity index (χ4v) is 2.30.